The minimum atomic E-state index is -0.508. The Morgan fingerprint density at radius 3 is 3.00 bits per heavy atom. The molecule has 2 N–H and O–H groups in total. The van der Waals surface area contributed by atoms with Gasteiger partial charge in [-0.3, -0.25) is 0 Å². The second-order valence-electron chi connectivity index (χ2n) is 5.44. The third kappa shape index (κ3) is 2.09. The zero-order valence-corrected chi connectivity index (χ0v) is 13.4. The summed E-state index contributed by atoms with van der Waals surface area (Å²) in [6, 6.07) is 0. The molecule has 0 spiro atoms. The zero-order valence-electron chi connectivity index (χ0n) is 12.6. The predicted octanol–water partition coefficient (Wildman–Crippen LogP) is 2.12. The number of nitrogens with two attached hydrogens (primary N) is 1. The molecule has 7 nitrogen and oxygen atoms in total. The van der Waals surface area contributed by atoms with Crippen LogP contribution in [0.1, 0.15) is 33.6 Å². The molecule has 0 saturated carbocycles. The van der Waals surface area contributed by atoms with E-state index in [9.17, 15) is 4.79 Å². The van der Waals surface area contributed by atoms with Gasteiger partial charge in [-0.05, 0) is 31.2 Å². The lowest BCUT2D eigenvalue weighted by Gasteiger charge is -2.12. The Bertz CT molecular complexity index is 914. The summed E-state index contributed by atoms with van der Waals surface area (Å²) in [6.07, 6.45) is 7.39. The molecule has 23 heavy (non-hydrogen) atoms. The molecule has 0 fully saturated rings. The van der Waals surface area contributed by atoms with E-state index in [0.29, 0.717) is 5.82 Å². The molecule has 0 aromatic carbocycles. The highest BCUT2D eigenvalue weighted by molar-refractivity contribution is 7.18. The second-order valence-corrected chi connectivity index (χ2v) is 6.52. The number of ether oxygens (including phenoxy) is 1. The average Bonchev–Trinajstić information content (AvgIpc) is 3.14. The topological polar surface area (TPSA) is 95.9 Å². The molecule has 1 aliphatic rings. The van der Waals surface area contributed by atoms with Crippen molar-refractivity contribution in [2.24, 2.45) is 0 Å². The molecule has 3 heterocycles. The fraction of sp³-hybridized carbons (Fsp3) is 0.333. The number of carbonyl (C=O) groups excluding carboxylic acids is 1. The maximum atomic E-state index is 11.7. The van der Waals surface area contributed by atoms with Crippen molar-refractivity contribution in [1.82, 2.24) is 19.7 Å². The van der Waals surface area contributed by atoms with E-state index in [1.54, 1.807) is 11.3 Å². The number of esters is 1. The molecule has 0 unspecified atom stereocenters. The summed E-state index contributed by atoms with van der Waals surface area (Å²) in [6.45, 7) is 0. The van der Waals surface area contributed by atoms with Gasteiger partial charge >= 0.3 is 5.97 Å². The Kier molecular flexibility index (Phi) is 3.26. The number of nitrogen functional groups attached to an aromatic ring is 1. The minimum absolute atomic E-state index is 0.229. The van der Waals surface area contributed by atoms with E-state index in [1.165, 1.54) is 41.2 Å². The summed E-state index contributed by atoms with van der Waals surface area (Å²) < 4.78 is 6.22. The highest BCUT2D eigenvalue weighted by Crippen LogP contribution is 2.37. The lowest BCUT2D eigenvalue weighted by Crippen LogP contribution is -2.09. The fourth-order valence-corrected chi connectivity index (χ4v) is 4.25. The van der Waals surface area contributed by atoms with Crippen molar-refractivity contribution in [2.75, 3.05) is 12.8 Å². The van der Waals surface area contributed by atoms with E-state index in [1.807, 2.05) is 0 Å². The molecule has 0 radical (unpaired) electrons. The van der Waals surface area contributed by atoms with Crippen molar-refractivity contribution >= 4 is 33.3 Å². The molecule has 0 saturated heterocycles. The first kappa shape index (κ1) is 14.1. The van der Waals surface area contributed by atoms with Gasteiger partial charge in [0.15, 0.2) is 5.82 Å². The van der Waals surface area contributed by atoms with Crippen LogP contribution in [0.25, 0.3) is 16.0 Å². The predicted molar refractivity (Wildman–Crippen MR) is 86.9 cm³/mol. The molecule has 3 aromatic rings. The molecular formula is C15H15N5O2S. The number of thiophene rings is 1. The first-order valence-electron chi connectivity index (χ1n) is 7.38. The molecule has 0 aliphatic heterocycles. The van der Waals surface area contributed by atoms with Gasteiger partial charge in [-0.25, -0.2) is 14.8 Å². The van der Waals surface area contributed by atoms with Gasteiger partial charge < -0.3 is 10.5 Å². The molecule has 3 aromatic heterocycles. The SMILES string of the molecule is COC(=O)c1cnn(-c2ncnc3sc4c(c23)CCCC4)c1N. The van der Waals surface area contributed by atoms with Crippen LogP contribution in [0.15, 0.2) is 12.5 Å². The van der Waals surface area contributed by atoms with Crippen LogP contribution in [-0.4, -0.2) is 32.8 Å². The van der Waals surface area contributed by atoms with E-state index >= 15 is 0 Å². The molecule has 4 rings (SSSR count). The highest BCUT2D eigenvalue weighted by Gasteiger charge is 2.23. The Labute approximate surface area is 136 Å². The monoisotopic (exact) mass is 329 g/mol. The largest absolute Gasteiger partial charge is 0.465 e. The van der Waals surface area contributed by atoms with Crippen LogP contribution < -0.4 is 5.73 Å². The number of hydrogen-bond acceptors (Lipinski definition) is 7. The van der Waals surface area contributed by atoms with Crippen LogP contribution in [0.3, 0.4) is 0 Å². The van der Waals surface area contributed by atoms with E-state index in [4.69, 9.17) is 10.5 Å². The van der Waals surface area contributed by atoms with Gasteiger partial charge in [-0.2, -0.15) is 9.78 Å². The van der Waals surface area contributed by atoms with Gasteiger partial charge in [0, 0.05) is 4.88 Å². The average molecular weight is 329 g/mol. The molecule has 0 atom stereocenters. The number of nitrogens with zero attached hydrogens (tertiary/aromatic N) is 4. The fourth-order valence-electron chi connectivity index (χ4n) is 3.03. The standard InChI is InChI=1S/C15H15N5O2S/c1-22-15(21)9-6-19-20(12(9)16)13-11-8-4-2-3-5-10(8)23-14(11)18-7-17-13/h6-7H,2-5,16H2,1H3. The minimum Gasteiger partial charge on any atom is -0.465 e. The summed E-state index contributed by atoms with van der Waals surface area (Å²) >= 11 is 1.71. The van der Waals surface area contributed by atoms with Crippen LogP contribution in [0.5, 0.6) is 0 Å². The number of hydrogen-bond donors (Lipinski definition) is 1. The summed E-state index contributed by atoms with van der Waals surface area (Å²) in [5.74, 6) is 0.348. The van der Waals surface area contributed by atoms with Crippen molar-refractivity contribution in [2.45, 2.75) is 25.7 Å². The summed E-state index contributed by atoms with van der Waals surface area (Å²) in [5, 5.41) is 5.24. The van der Waals surface area contributed by atoms with Crippen molar-refractivity contribution in [3.05, 3.63) is 28.5 Å². The number of rotatable bonds is 2. The lowest BCUT2D eigenvalue weighted by atomic mass is 9.97. The molecule has 118 valence electrons. The second kappa shape index (κ2) is 5.31. The number of methoxy groups -OCH3 is 1. The first-order chi connectivity index (χ1) is 11.2. The van der Waals surface area contributed by atoms with E-state index in [-0.39, 0.29) is 11.4 Å². The summed E-state index contributed by atoms with van der Waals surface area (Å²) in [4.78, 5) is 22.8. The van der Waals surface area contributed by atoms with E-state index in [0.717, 1.165) is 29.5 Å². The van der Waals surface area contributed by atoms with Crippen molar-refractivity contribution in [3.63, 3.8) is 0 Å². The maximum Gasteiger partial charge on any atom is 0.343 e. The lowest BCUT2D eigenvalue weighted by molar-refractivity contribution is 0.0602. The van der Waals surface area contributed by atoms with Gasteiger partial charge in [-0.15, -0.1) is 11.3 Å². The summed E-state index contributed by atoms with van der Waals surface area (Å²) in [7, 11) is 1.32. The number of aryl methyl sites for hydroxylation is 2. The zero-order chi connectivity index (χ0) is 16.0. The normalized spacial score (nSPS) is 14.0. The van der Waals surface area contributed by atoms with Crippen LogP contribution in [0.4, 0.5) is 5.82 Å². The van der Waals surface area contributed by atoms with Gasteiger partial charge in [0.2, 0.25) is 0 Å². The Hall–Kier alpha value is -2.48. The van der Waals surface area contributed by atoms with E-state index in [2.05, 4.69) is 15.1 Å². The smallest absolute Gasteiger partial charge is 0.343 e. The van der Waals surface area contributed by atoms with Crippen LogP contribution >= 0.6 is 11.3 Å². The number of fused-ring (bicyclic) bond motifs is 3. The summed E-state index contributed by atoms with van der Waals surface area (Å²) in [5.41, 5.74) is 7.62. The molecule has 0 bridgehead atoms. The van der Waals surface area contributed by atoms with E-state index < -0.39 is 5.97 Å². The molecule has 0 amide bonds. The van der Waals surface area contributed by atoms with Crippen molar-refractivity contribution in [3.8, 4) is 5.82 Å². The molecule has 1 aliphatic carbocycles. The Morgan fingerprint density at radius 1 is 1.35 bits per heavy atom. The Morgan fingerprint density at radius 2 is 2.17 bits per heavy atom. The van der Waals surface area contributed by atoms with Gasteiger partial charge in [0.1, 0.15) is 22.5 Å². The van der Waals surface area contributed by atoms with Gasteiger partial charge in [-0.1, -0.05) is 0 Å². The van der Waals surface area contributed by atoms with Crippen LogP contribution in [0, 0.1) is 0 Å². The van der Waals surface area contributed by atoms with Crippen LogP contribution in [0.2, 0.25) is 0 Å². The Balaban J connectivity index is 1.94. The maximum absolute atomic E-state index is 11.7. The third-order valence-corrected chi connectivity index (χ3v) is 5.34. The third-order valence-electron chi connectivity index (χ3n) is 4.14. The number of carbonyl (C=O) groups is 1. The number of aromatic nitrogens is 4. The molecule has 8 heteroatoms. The van der Waals surface area contributed by atoms with Gasteiger partial charge in [0.25, 0.3) is 0 Å². The van der Waals surface area contributed by atoms with Crippen LogP contribution in [-0.2, 0) is 17.6 Å². The molecular weight excluding hydrogens is 314 g/mol. The van der Waals surface area contributed by atoms with Crippen molar-refractivity contribution in [1.29, 1.82) is 0 Å². The quantitative estimate of drug-likeness (QED) is 0.724. The highest BCUT2D eigenvalue weighted by atomic mass is 32.1. The van der Waals surface area contributed by atoms with Crippen molar-refractivity contribution < 1.29 is 9.53 Å². The first-order valence-corrected chi connectivity index (χ1v) is 8.19. The van der Waals surface area contributed by atoms with Gasteiger partial charge in [0.05, 0.1) is 18.7 Å². The number of anilines is 1.